The highest BCUT2D eigenvalue weighted by atomic mass is 16.5. The standard InChI is InChI=1S/C19H25NO/c1-3-16-8-7-11-19(14-16)21-15-18-10-6-5-9-17(18)12-13-20-4-2/h5-11,14,20H,3-4,12-13,15H2,1-2H3. The maximum absolute atomic E-state index is 5.96. The molecule has 1 N–H and O–H groups in total. The zero-order chi connectivity index (χ0) is 14.9. The maximum atomic E-state index is 5.96. The summed E-state index contributed by atoms with van der Waals surface area (Å²) in [5, 5.41) is 3.37. The predicted octanol–water partition coefficient (Wildman–Crippen LogP) is 3.98. The molecule has 0 spiro atoms. The largest absolute Gasteiger partial charge is 0.489 e. The van der Waals surface area contributed by atoms with E-state index in [9.17, 15) is 0 Å². The zero-order valence-electron chi connectivity index (χ0n) is 13.1. The van der Waals surface area contributed by atoms with E-state index in [-0.39, 0.29) is 0 Å². The van der Waals surface area contributed by atoms with E-state index in [4.69, 9.17) is 4.74 Å². The van der Waals surface area contributed by atoms with Gasteiger partial charge in [-0.25, -0.2) is 0 Å². The minimum Gasteiger partial charge on any atom is -0.489 e. The Hall–Kier alpha value is -1.80. The molecule has 0 amide bonds. The van der Waals surface area contributed by atoms with Gasteiger partial charge in [0.2, 0.25) is 0 Å². The quantitative estimate of drug-likeness (QED) is 0.740. The van der Waals surface area contributed by atoms with Crippen molar-refractivity contribution in [3.63, 3.8) is 0 Å². The van der Waals surface area contributed by atoms with Crippen LogP contribution < -0.4 is 10.1 Å². The second kappa shape index (κ2) is 8.48. The van der Waals surface area contributed by atoms with Gasteiger partial charge in [-0.15, -0.1) is 0 Å². The Bertz CT molecular complexity index is 551. The molecule has 0 unspecified atom stereocenters. The van der Waals surface area contributed by atoms with E-state index in [0.29, 0.717) is 6.61 Å². The SMILES string of the molecule is CCNCCc1ccccc1COc1cccc(CC)c1. The third kappa shape index (κ3) is 4.91. The smallest absolute Gasteiger partial charge is 0.120 e. The molecule has 2 aromatic carbocycles. The van der Waals surface area contributed by atoms with Crippen LogP contribution in [0.2, 0.25) is 0 Å². The van der Waals surface area contributed by atoms with Crippen molar-refractivity contribution in [2.75, 3.05) is 13.1 Å². The first kappa shape index (κ1) is 15.6. The van der Waals surface area contributed by atoms with Crippen LogP contribution in [-0.4, -0.2) is 13.1 Å². The zero-order valence-corrected chi connectivity index (χ0v) is 13.1. The van der Waals surface area contributed by atoms with Gasteiger partial charge in [-0.2, -0.15) is 0 Å². The molecule has 112 valence electrons. The van der Waals surface area contributed by atoms with Crippen LogP contribution in [0, 0.1) is 0 Å². The van der Waals surface area contributed by atoms with Crippen molar-refractivity contribution in [2.24, 2.45) is 0 Å². The molecule has 0 aliphatic heterocycles. The first-order valence-corrected chi connectivity index (χ1v) is 7.82. The van der Waals surface area contributed by atoms with Gasteiger partial charge in [-0.05, 0) is 54.8 Å². The van der Waals surface area contributed by atoms with Crippen LogP contribution in [0.15, 0.2) is 48.5 Å². The van der Waals surface area contributed by atoms with Crippen molar-refractivity contribution in [2.45, 2.75) is 33.3 Å². The lowest BCUT2D eigenvalue weighted by atomic mass is 10.1. The van der Waals surface area contributed by atoms with Gasteiger partial charge in [0.15, 0.2) is 0 Å². The van der Waals surface area contributed by atoms with Crippen LogP contribution in [0.25, 0.3) is 0 Å². The summed E-state index contributed by atoms with van der Waals surface area (Å²) in [7, 11) is 0. The molecular weight excluding hydrogens is 258 g/mol. The topological polar surface area (TPSA) is 21.3 Å². The lowest BCUT2D eigenvalue weighted by molar-refractivity contribution is 0.304. The third-order valence-electron chi connectivity index (χ3n) is 3.64. The maximum Gasteiger partial charge on any atom is 0.120 e. The number of ether oxygens (including phenoxy) is 1. The molecule has 0 aromatic heterocycles. The molecule has 0 radical (unpaired) electrons. The van der Waals surface area contributed by atoms with E-state index in [1.807, 2.05) is 6.07 Å². The average molecular weight is 283 g/mol. The van der Waals surface area contributed by atoms with Gasteiger partial charge in [0.1, 0.15) is 12.4 Å². The summed E-state index contributed by atoms with van der Waals surface area (Å²) >= 11 is 0. The van der Waals surface area contributed by atoms with Crippen molar-refractivity contribution in [3.05, 3.63) is 65.2 Å². The van der Waals surface area contributed by atoms with Crippen LogP contribution in [0.3, 0.4) is 0 Å². The van der Waals surface area contributed by atoms with Crippen LogP contribution in [0.4, 0.5) is 0 Å². The number of hydrogen-bond acceptors (Lipinski definition) is 2. The van der Waals surface area contributed by atoms with E-state index < -0.39 is 0 Å². The highest BCUT2D eigenvalue weighted by Crippen LogP contribution is 2.17. The van der Waals surface area contributed by atoms with Crippen molar-refractivity contribution in [1.82, 2.24) is 5.32 Å². The molecule has 0 fully saturated rings. The Morgan fingerprint density at radius 2 is 1.76 bits per heavy atom. The first-order valence-electron chi connectivity index (χ1n) is 7.82. The van der Waals surface area contributed by atoms with Crippen LogP contribution in [0.1, 0.15) is 30.5 Å². The van der Waals surface area contributed by atoms with E-state index >= 15 is 0 Å². The minimum atomic E-state index is 0.634. The summed E-state index contributed by atoms with van der Waals surface area (Å²) < 4.78 is 5.96. The molecule has 0 atom stereocenters. The fourth-order valence-corrected chi connectivity index (χ4v) is 2.36. The van der Waals surface area contributed by atoms with Gasteiger partial charge in [-0.1, -0.05) is 50.2 Å². The number of hydrogen-bond donors (Lipinski definition) is 1. The second-order valence-electron chi connectivity index (χ2n) is 5.16. The lowest BCUT2D eigenvalue weighted by Crippen LogP contribution is -2.17. The number of likely N-dealkylation sites (N-methyl/N-ethyl adjacent to an activating group) is 1. The van der Waals surface area contributed by atoms with Crippen molar-refractivity contribution in [3.8, 4) is 5.75 Å². The van der Waals surface area contributed by atoms with Gasteiger partial charge >= 0.3 is 0 Å². The Labute approximate surface area is 128 Å². The third-order valence-corrected chi connectivity index (χ3v) is 3.64. The molecule has 2 nitrogen and oxygen atoms in total. The van der Waals surface area contributed by atoms with Gasteiger partial charge in [0.25, 0.3) is 0 Å². The molecule has 0 bridgehead atoms. The summed E-state index contributed by atoms with van der Waals surface area (Å²) in [5.74, 6) is 0.954. The Morgan fingerprint density at radius 1 is 0.952 bits per heavy atom. The predicted molar refractivity (Wildman–Crippen MR) is 88.8 cm³/mol. The molecular formula is C19H25NO. The van der Waals surface area contributed by atoms with E-state index in [1.54, 1.807) is 0 Å². The van der Waals surface area contributed by atoms with Gasteiger partial charge < -0.3 is 10.1 Å². The number of nitrogens with one attached hydrogen (secondary N) is 1. The van der Waals surface area contributed by atoms with Gasteiger partial charge in [-0.3, -0.25) is 0 Å². The number of rotatable bonds is 8. The summed E-state index contributed by atoms with van der Waals surface area (Å²) in [6.07, 6.45) is 2.08. The van der Waals surface area contributed by atoms with Crippen LogP contribution in [-0.2, 0) is 19.4 Å². The molecule has 0 saturated carbocycles. The monoisotopic (exact) mass is 283 g/mol. The number of benzene rings is 2. The fraction of sp³-hybridized carbons (Fsp3) is 0.368. The van der Waals surface area contributed by atoms with E-state index in [1.165, 1.54) is 16.7 Å². The molecule has 0 aliphatic carbocycles. The summed E-state index contributed by atoms with van der Waals surface area (Å²) in [6, 6.07) is 16.9. The van der Waals surface area contributed by atoms with Crippen molar-refractivity contribution < 1.29 is 4.74 Å². The first-order chi connectivity index (χ1) is 10.3. The fourth-order valence-electron chi connectivity index (χ4n) is 2.36. The van der Waals surface area contributed by atoms with E-state index in [2.05, 4.69) is 61.6 Å². The highest BCUT2D eigenvalue weighted by Gasteiger charge is 2.03. The molecule has 0 aliphatic rings. The van der Waals surface area contributed by atoms with Crippen molar-refractivity contribution in [1.29, 1.82) is 0 Å². The molecule has 21 heavy (non-hydrogen) atoms. The summed E-state index contributed by atoms with van der Waals surface area (Å²) in [5.41, 5.74) is 3.95. The van der Waals surface area contributed by atoms with E-state index in [0.717, 1.165) is 31.7 Å². The Morgan fingerprint density at radius 3 is 2.52 bits per heavy atom. The van der Waals surface area contributed by atoms with Gasteiger partial charge in [0.05, 0.1) is 0 Å². The normalized spacial score (nSPS) is 10.6. The minimum absolute atomic E-state index is 0.634. The van der Waals surface area contributed by atoms with Crippen molar-refractivity contribution >= 4 is 0 Å². The molecule has 2 heteroatoms. The second-order valence-corrected chi connectivity index (χ2v) is 5.16. The average Bonchev–Trinajstić information content (AvgIpc) is 2.54. The van der Waals surface area contributed by atoms with Crippen LogP contribution >= 0.6 is 0 Å². The number of aryl methyl sites for hydroxylation is 1. The lowest BCUT2D eigenvalue weighted by Gasteiger charge is -2.12. The molecule has 2 rings (SSSR count). The molecule has 0 saturated heterocycles. The Balaban J connectivity index is 1.98. The highest BCUT2D eigenvalue weighted by molar-refractivity contribution is 5.30. The molecule has 0 heterocycles. The molecule has 2 aromatic rings. The van der Waals surface area contributed by atoms with Gasteiger partial charge in [0, 0.05) is 0 Å². The van der Waals surface area contributed by atoms with Crippen LogP contribution in [0.5, 0.6) is 5.75 Å². The summed E-state index contributed by atoms with van der Waals surface area (Å²) in [6.45, 7) is 6.96. The summed E-state index contributed by atoms with van der Waals surface area (Å²) in [4.78, 5) is 0. The Kier molecular flexibility index (Phi) is 6.29.